The Morgan fingerprint density at radius 1 is 0.375 bits per heavy atom. The Morgan fingerprint density at radius 2 is 0.375 bits per heavy atom. The van der Waals surface area contributed by atoms with Gasteiger partial charge in [-0.15, -0.1) is 0 Å². The van der Waals surface area contributed by atoms with Gasteiger partial charge in [-0.25, -0.2) is 14.4 Å². The topological polar surface area (TPSA) is 606 Å². The summed E-state index contributed by atoms with van der Waals surface area (Å²) in [5.74, 6) is 0. The first-order valence-electron chi connectivity index (χ1n) is 4.44. The molecular weight excluding hydrogens is 526 g/mol. The van der Waals surface area contributed by atoms with E-state index in [1.165, 1.54) is 0 Å². The lowest BCUT2D eigenvalue weighted by Crippen LogP contribution is -2.18. The van der Waals surface area contributed by atoms with Crippen LogP contribution in [0.2, 0.25) is 0 Å². The highest BCUT2D eigenvalue weighted by Gasteiger charge is 1.85. The maximum Gasteiger partial charge on any atom is 0.394 e. The summed E-state index contributed by atoms with van der Waals surface area (Å²) >= 11 is 0. The highest BCUT2D eigenvalue weighted by atomic mass is 32.3. The molecule has 0 aromatic carbocycles. The second kappa shape index (κ2) is 35.6. The van der Waals surface area contributed by atoms with E-state index >= 15 is 0 Å². The monoisotopic (exact) mass is 559 g/mol. The molecule has 0 heterocycles. The standard InChI is InChI=1S/3CH4N2O.5H3N.3H2O4S/c3*2-1(3)4;;;;;;3*1-5(2,3)4/h3*(H4,2,3,4);5*1H3;3*(H2,1,2,3,4). The number of primary amides is 6. The molecule has 0 saturated carbocycles. The lowest BCUT2D eigenvalue weighted by atomic mass is 11.2. The Hall–Kier alpha value is -2.78. The number of urea groups is 3. The van der Waals surface area contributed by atoms with E-state index in [9.17, 15) is 0 Å². The molecule has 0 unspecified atom stereocenters. The van der Waals surface area contributed by atoms with Gasteiger partial charge in [0.1, 0.15) is 0 Å². The fourth-order valence-electron chi connectivity index (χ4n) is 0. The van der Waals surface area contributed by atoms with Crippen molar-refractivity contribution in [3.8, 4) is 0 Å². The quantitative estimate of drug-likeness (QED) is 0.125. The van der Waals surface area contributed by atoms with E-state index in [0.29, 0.717) is 0 Å². The van der Waals surface area contributed by atoms with Crippen LogP contribution in [-0.4, -0.2) is 70.7 Å². The van der Waals surface area contributed by atoms with E-state index in [2.05, 4.69) is 34.4 Å². The van der Waals surface area contributed by atoms with E-state index < -0.39 is 49.3 Å². The van der Waals surface area contributed by atoms with Crippen LogP contribution in [0.3, 0.4) is 0 Å². The molecule has 29 heteroatoms. The van der Waals surface area contributed by atoms with Crippen LogP contribution in [0.5, 0.6) is 0 Å². The molecule has 0 rings (SSSR count). The molecule has 208 valence electrons. The summed E-state index contributed by atoms with van der Waals surface area (Å²) in [5, 5.41) is 0. The smallest absolute Gasteiger partial charge is 0.352 e. The predicted molar refractivity (Wildman–Crippen MR) is 109 cm³/mol. The molecule has 0 aromatic rings. The summed E-state index contributed by atoms with van der Waals surface area (Å²) in [5.41, 5.74) is 25.5. The van der Waals surface area contributed by atoms with Gasteiger partial charge >= 0.3 is 49.3 Å². The summed E-state index contributed by atoms with van der Waals surface area (Å²) in [6.07, 6.45) is 0. The van der Waals surface area contributed by atoms with Crippen LogP contribution in [0.1, 0.15) is 0 Å². The molecule has 0 aliphatic rings. The van der Waals surface area contributed by atoms with Crippen LogP contribution in [0.15, 0.2) is 0 Å². The number of carbonyl (C=O) groups is 3. The summed E-state index contributed by atoms with van der Waals surface area (Å²) in [6, 6.07) is -2.50. The molecule has 33 N–H and O–H groups in total. The minimum absolute atomic E-state index is 0. The minimum Gasteiger partial charge on any atom is -0.352 e. The molecule has 0 fully saturated rings. The van der Waals surface area contributed by atoms with Crippen LogP contribution in [-0.2, 0) is 31.2 Å². The second-order valence-corrected chi connectivity index (χ2v) is 5.24. The number of nitrogens with two attached hydrogens (primary N) is 6. The van der Waals surface area contributed by atoms with Crippen LogP contribution < -0.4 is 65.2 Å². The van der Waals surface area contributed by atoms with Crippen molar-refractivity contribution in [2.75, 3.05) is 0 Å². The lowest BCUT2D eigenvalue weighted by molar-refractivity contribution is 0.255. The van der Waals surface area contributed by atoms with Crippen molar-refractivity contribution in [2.24, 2.45) is 34.4 Å². The summed E-state index contributed by atoms with van der Waals surface area (Å²) < 4.78 is 94.8. The Bertz CT molecular complexity index is 581. The van der Waals surface area contributed by atoms with Crippen molar-refractivity contribution in [2.45, 2.75) is 0 Å². The lowest BCUT2D eigenvalue weighted by Gasteiger charge is -1.68. The molecule has 32 heavy (non-hydrogen) atoms. The van der Waals surface area contributed by atoms with Gasteiger partial charge in [-0.1, -0.05) is 0 Å². The van der Waals surface area contributed by atoms with E-state index in [1.807, 2.05) is 0 Å². The molecule has 6 amide bonds. The minimum atomic E-state index is -4.67. The van der Waals surface area contributed by atoms with Gasteiger partial charge in [-0.2, -0.15) is 25.3 Å². The first-order valence-corrected chi connectivity index (χ1v) is 8.63. The van der Waals surface area contributed by atoms with Gasteiger partial charge in [-0.3, -0.25) is 27.3 Å². The Labute approximate surface area is 182 Å². The largest absolute Gasteiger partial charge is 0.394 e. The molecule has 0 aromatic heterocycles. The number of hydrogen-bond acceptors (Lipinski definition) is 14. The molecule has 0 radical (unpaired) electrons. The summed E-state index contributed by atoms with van der Waals surface area (Å²) in [4.78, 5) is 27.0. The molecule has 0 aliphatic heterocycles. The molecule has 0 spiro atoms. The van der Waals surface area contributed by atoms with E-state index in [4.69, 9.17) is 67.0 Å². The zero-order valence-electron chi connectivity index (χ0n) is 16.1. The normalized spacial score (nSPS) is 7.69. The van der Waals surface area contributed by atoms with Crippen molar-refractivity contribution in [1.82, 2.24) is 30.8 Å². The highest BCUT2D eigenvalue weighted by molar-refractivity contribution is 7.80. The molecule has 26 nitrogen and oxygen atoms in total. The van der Waals surface area contributed by atoms with Crippen molar-refractivity contribution in [1.29, 1.82) is 0 Å². The maximum atomic E-state index is 9.00. The fraction of sp³-hybridized carbons (Fsp3) is 0. The SMILES string of the molecule is N.N.N.N.N.NC(N)=O.NC(N)=O.NC(N)=O.O=S(=O)(O)O.O=S(=O)(O)O.O=S(=O)(O)O. The first-order chi connectivity index (χ1) is 11.2. The molecule has 0 aliphatic carbocycles. The van der Waals surface area contributed by atoms with E-state index in [1.54, 1.807) is 0 Å². The van der Waals surface area contributed by atoms with E-state index in [-0.39, 0.29) is 30.8 Å². The number of hydrogen-bond donors (Lipinski definition) is 17. The van der Waals surface area contributed by atoms with Crippen LogP contribution in [0.4, 0.5) is 14.4 Å². The predicted octanol–water partition coefficient (Wildman–Crippen LogP) is -4.08. The Morgan fingerprint density at radius 3 is 0.375 bits per heavy atom. The van der Waals surface area contributed by atoms with Gasteiger partial charge in [0.05, 0.1) is 0 Å². The number of carbonyl (C=O) groups excluding carboxylic acids is 3. The van der Waals surface area contributed by atoms with Gasteiger partial charge in [0.2, 0.25) is 0 Å². The van der Waals surface area contributed by atoms with Gasteiger partial charge < -0.3 is 65.2 Å². The van der Waals surface area contributed by atoms with Crippen molar-refractivity contribution in [3.63, 3.8) is 0 Å². The first kappa shape index (κ1) is 70.1. The number of amides is 6. The fourth-order valence-corrected chi connectivity index (χ4v) is 0. The summed E-state index contributed by atoms with van der Waals surface area (Å²) in [7, 11) is -14.0. The second-order valence-electron chi connectivity index (χ2n) is 2.55. The third-order valence-electron chi connectivity index (χ3n) is 0. The zero-order valence-corrected chi connectivity index (χ0v) is 18.5. The van der Waals surface area contributed by atoms with Crippen LogP contribution in [0.25, 0.3) is 0 Å². The average Bonchev–Trinajstić information content (AvgIpc) is 2.01. The third kappa shape index (κ3) is 2420. The van der Waals surface area contributed by atoms with Gasteiger partial charge in [0, 0.05) is 0 Å². The Balaban J connectivity index is -0.0000000179. The number of rotatable bonds is 0. The molecule has 0 atom stereocenters. The van der Waals surface area contributed by atoms with Crippen molar-refractivity contribution < 1.29 is 67.0 Å². The van der Waals surface area contributed by atoms with Crippen molar-refractivity contribution in [3.05, 3.63) is 0 Å². The van der Waals surface area contributed by atoms with Crippen LogP contribution >= 0.6 is 0 Å². The molecular formula is C3H33N11O15S3. The average molecular weight is 560 g/mol. The third-order valence-corrected chi connectivity index (χ3v) is 0. The summed E-state index contributed by atoms with van der Waals surface area (Å²) in [6.45, 7) is 0. The molecule has 0 bridgehead atoms. The van der Waals surface area contributed by atoms with E-state index in [0.717, 1.165) is 0 Å². The van der Waals surface area contributed by atoms with Crippen molar-refractivity contribution >= 4 is 49.3 Å². The van der Waals surface area contributed by atoms with Gasteiger partial charge in [-0.05, 0) is 0 Å². The van der Waals surface area contributed by atoms with Gasteiger partial charge in [0.15, 0.2) is 0 Å². The van der Waals surface area contributed by atoms with Gasteiger partial charge in [0.25, 0.3) is 0 Å². The maximum absolute atomic E-state index is 9.00. The Kier molecular flexibility index (Phi) is 78.1. The molecule has 0 saturated heterocycles. The zero-order chi connectivity index (χ0) is 24.2. The van der Waals surface area contributed by atoms with Crippen LogP contribution in [0, 0.1) is 0 Å². The highest BCUT2D eigenvalue weighted by Crippen LogP contribution is 1.60.